The van der Waals surface area contributed by atoms with Gasteiger partial charge in [0.1, 0.15) is 5.82 Å². The minimum absolute atomic E-state index is 0.270. The second kappa shape index (κ2) is 4.95. The zero-order valence-corrected chi connectivity index (χ0v) is 11.1. The van der Waals surface area contributed by atoms with E-state index in [-0.39, 0.29) is 11.8 Å². The third-order valence-electron chi connectivity index (χ3n) is 2.37. The molecule has 1 rings (SSSR count). The van der Waals surface area contributed by atoms with Gasteiger partial charge in [0.2, 0.25) is 0 Å². The Labute approximate surface area is 103 Å². The fourth-order valence-corrected chi connectivity index (χ4v) is 1.93. The first kappa shape index (κ1) is 13.2. The third-order valence-corrected chi connectivity index (χ3v) is 2.98. The molecule has 0 radical (unpaired) electrons. The highest BCUT2D eigenvalue weighted by molar-refractivity contribution is 9.10. The van der Waals surface area contributed by atoms with Gasteiger partial charge < -0.3 is 4.74 Å². The van der Waals surface area contributed by atoms with Crippen molar-refractivity contribution in [3.8, 4) is 0 Å². The Morgan fingerprint density at radius 3 is 2.62 bits per heavy atom. The minimum Gasteiger partial charge on any atom is -0.469 e. The van der Waals surface area contributed by atoms with Crippen LogP contribution < -0.4 is 0 Å². The van der Waals surface area contributed by atoms with Crippen LogP contribution in [0.3, 0.4) is 0 Å². The van der Waals surface area contributed by atoms with E-state index in [4.69, 9.17) is 4.74 Å². The molecule has 4 heteroatoms. The van der Waals surface area contributed by atoms with Crippen LogP contribution in [0.5, 0.6) is 0 Å². The first-order valence-electron chi connectivity index (χ1n) is 4.89. The molecule has 0 aliphatic rings. The van der Waals surface area contributed by atoms with E-state index in [9.17, 15) is 9.18 Å². The number of hydrogen-bond donors (Lipinski definition) is 0. The second-order valence-corrected chi connectivity index (χ2v) is 5.16. The molecule has 2 nitrogen and oxygen atoms in total. The SMILES string of the molecule is COC(=O)C(C)(C)Cc1ccc(F)c(Br)c1. The monoisotopic (exact) mass is 288 g/mol. The van der Waals surface area contributed by atoms with Crippen molar-refractivity contribution in [2.75, 3.05) is 7.11 Å². The maximum Gasteiger partial charge on any atom is 0.311 e. The zero-order chi connectivity index (χ0) is 12.3. The zero-order valence-electron chi connectivity index (χ0n) is 9.51. The van der Waals surface area contributed by atoms with E-state index in [0.29, 0.717) is 10.9 Å². The van der Waals surface area contributed by atoms with Gasteiger partial charge in [-0.05, 0) is 53.9 Å². The smallest absolute Gasteiger partial charge is 0.311 e. The van der Waals surface area contributed by atoms with Gasteiger partial charge in [0, 0.05) is 0 Å². The predicted molar refractivity (Wildman–Crippen MR) is 63.6 cm³/mol. The molecule has 0 atom stereocenters. The number of hydrogen-bond acceptors (Lipinski definition) is 2. The Kier molecular flexibility index (Phi) is 4.08. The maximum absolute atomic E-state index is 13.0. The summed E-state index contributed by atoms with van der Waals surface area (Å²) < 4.78 is 18.1. The van der Waals surface area contributed by atoms with Gasteiger partial charge in [-0.1, -0.05) is 6.07 Å². The van der Waals surface area contributed by atoms with Crippen LogP contribution >= 0.6 is 15.9 Å². The van der Waals surface area contributed by atoms with Gasteiger partial charge in [0.25, 0.3) is 0 Å². The maximum atomic E-state index is 13.0. The van der Waals surface area contributed by atoms with Crippen LogP contribution in [-0.2, 0) is 16.0 Å². The first-order chi connectivity index (χ1) is 7.36. The Morgan fingerprint density at radius 1 is 1.50 bits per heavy atom. The Bertz CT molecular complexity index is 402. The lowest BCUT2D eigenvalue weighted by Crippen LogP contribution is -2.27. The van der Waals surface area contributed by atoms with Gasteiger partial charge in [-0.25, -0.2) is 4.39 Å². The largest absolute Gasteiger partial charge is 0.469 e. The van der Waals surface area contributed by atoms with Gasteiger partial charge in [-0.3, -0.25) is 4.79 Å². The Morgan fingerprint density at radius 2 is 2.12 bits per heavy atom. The molecule has 0 aliphatic carbocycles. The summed E-state index contributed by atoms with van der Waals surface area (Å²) in [5.74, 6) is -0.576. The number of halogens is 2. The van der Waals surface area contributed by atoms with Crippen molar-refractivity contribution in [3.63, 3.8) is 0 Å². The normalized spacial score (nSPS) is 11.3. The van der Waals surface area contributed by atoms with E-state index < -0.39 is 5.41 Å². The molecule has 1 aromatic carbocycles. The van der Waals surface area contributed by atoms with Gasteiger partial charge in [0.15, 0.2) is 0 Å². The average molecular weight is 289 g/mol. The number of benzene rings is 1. The number of methoxy groups -OCH3 is 1. The molecule has 0 N–H and O–H groups in total. The second-order valence-electron chi connectivity index (χ2n) is 4.30. The minimum atomic E-state index is -0.605. The molecule has 0 fully saturated rings. The Balaban J connectivity index is 2.88. The number of carbonyl (C=O) groups excluding carboxylic acids is 1. The van der Waals surface area contributed by atoms with E-state index in [2.05, 4.69) is 15.9 Å². The molecule has 0 spiro atoms. The number of esters is 1. The molecule has 0 amide bonds. The summed E-state index contributed by atoms with van der Waals surface area (Å²) in [5, 5.41) is 0. The van der Waals surface area contributed by atoms with Gasteiger partial charge >= 0.3 is 5.97 Å². The van der Waals surface area contributed by atoms with Crippen molar-refractivity contribution < 1.29 is 13.9 Å². The molecule has 0 aliphatic heterocycles. The molecular weight excluding hydrogens is 275 g/mol. The topological polar surface area (TPSA) is 26.3 Å². The van der Waals surface area contributed by atoms with E-state index in [1.54, 1.807) is 26.0 Å². The fraction of sp³-hybridized carbons (Fsp3) is 0.417. The predicted octanol–water partition coefficient (Wildman–Crippen LogP) is 3.33. The molecule has 1 aromatic rings. The molecule has 0 saturated carbocycles. The lowest BCUT2D eigenvalue weighted by atomic mass is 9.86. The third kappa shape index (κ3) is 3.04. The molecule has 0 unspecified atom stereocenters. The lowest BCUT2D eigenvalue weighted by Gasteiger charge is -2.21. The van der Waals surface area contributed by atoms with Crippen molar-refractivity contribution in [1.29, 1.82) is 0 Å². The molecule has 0 aromatic heterocycles. The van der Waals surface area contributed by atoms with Crippen molar-refractivity contribution in [3.05, 3.63) is 34.1 Å². The first-order valence-corrected chi connectivity index (χ1v) is 5.68. The van der Waals surface area contributed by atoms with Crippen LogP contribution in [0.2, 0.25) is 0 Å². The lowest BCUT2D eigenvalue weighted by molar-refractivity contribution is -0.150. The van der Waals surface area contributed by atoms with Gasteiger partial charge in [0.05, 0.1) is 17.0 Å². The van der Waals surface area contributed by atoms with Crippen LogP contribution in [0, 0.1) is 11.2 Å². The van der Waals surface area contributed by atoms with E-state index >= 15 is 0 Å². The summed E-state index contributed by atoms with van der Waals surface area (Å²) in [5.41, 5.74) is 0.287. The van der Waals surface area contributed by atoms with Crippen LogP contribution in [-0.4, -0.2) is 13.1 Å². The van der Waals surface area contributed by atoms with Crippen LogP contribution in [0.1, 0.15) is 19.4 Å². The fourth-order valence-electron chi connectivity index (χ4n) is 1.51. The number of rotatable bonds is 3. The summed E-state index contributed by atoms with van der Waals surface area (Å²) in [6.07, 6.45) is 0.512. The van der Waals surface area contributed by atoms with Crippen LogP contribution in [0.25, 0.3) is 0 Å². The molecular formula is C12H14BrFO2. The van der Waals surface area contributed by atoms with Crippen molar-refractivity contribution in [1.82, 2.24) is 0 Å². The summed E-state index contributed by atoms with van der Waals surface area (Å²) in [7, 11) is 1.37. The highest BCUT2D eigenvalue weighted by atomic mass is 79.9. The molecule has 0 saturated heterocycles. The molecule has 0 bridgehead atoms. The molecule has 0 heterocycles. The summed E-state index contributed by atoms with van der Waals surface area (Å²) in [4.78, 5) is 11.5. The number of ether oxygens (including phenoxy) is 1. The van der Waals surface area contributed by atoms with Crippen LogP contribution in [0.4, 0.5) is 4.39 Å². The van der Waals surface area contributed by atoms with E-state index in [1.165, 1.54) is 13.2 Å². The summed E-state index contributed by atoms with van der Waals surface area (Å²) in [6.45, 7) is 3.60. The van der Waals surface area contributed by atoms with E-state index in [0.717, 1.165) is 5.56 Å². The summed E-state index contributed by atoms with van der Waals surface area (Å²) >= 11 is 3.12. The summed E-state index contributed by atoms with van der Waals surface area (Å²) in [6, 6.07) is 4.73. The highest BCUT2D eigenvalue weighted by Crippen LogP contribution is 2.26. The van der Waals surface area contributed by atoms with Crippen molar-refractivity contribution >= 4 is 21.9 Å². The van der Waals surface area contributed by atoms with Gasteiger partial charge in [-0.2, -0.15) is 0 Å². The molecule has 16 heavy (non-hydrogen) atoms. The highest BCUT2D eigenvalue weighted by Gasteiger charge is 2.28. The van der Waals surface area contributed by atoms with Crippen molar-refractivity contribution in [2.45, 2.75) is 20.3 Å². The standard InChI is InChI=1S/C12H14BrFO2/c1-12(2,11(15)16-3)7-8-4-5-10(14)9(13)6-8/h4-6H,7H2,1-3H3. The molecule has 88 valence electrons. The quantitative estimate of drug-likeness (QED) is 0.798. The average Bonchev–Trinajstić information content (AvgIpc) is 2.22. The Hall–Kier alpha value is -0.900. The number of carbonyl (C=O) groups is 1. The van der Waals surface area contributed by atoms with Gasteiger partial charge in [-0.15, -0.1) is 0 Å². The van der Waals surface area contributed by atoms with Crippen LogP contribution in [0.15, 0.2) is 22.7 Å². The van der Waals surface area contributed by atoms with E-state index in [1.807, 2.05) is 0 Å². The van der Waals surface area contributed by atoms with Crippen molar-refractivity contribution in [2.24, 2.45) is 5.41 Å².